The Bertz CT molecular complexity index is 741. The van der Waals surface area contributed by atoms with Crippen molar-refractivity contribution in [3.8, 4) is 0 Å². The van der Waals surface area contributed by atoms with E-state index in [9.17, 15) is 13.6 Å². The molecular weight excluding hydrogens is 324 g/mol. The van der Waals surface area contributed by atoms with Crippen LogP contribution in [0, 0.1) is 11.6 Å². The molecule has 0 saturated carbocycles. The topological polar surface area (TPSA) is 53.2 Å². The number of halogens is 3. The van der Waals surface area contributed by atoms with Gasteiger partial charge < -0.3 is 5.32 Å². The lowest BCUT2D eigenvalue weighted by molar-refractivity contribution is -0.117. The van der Waals surface area contributed by atoms with Crippen LogP contribution in [-0.4, -0.2) is 11.9 Å². The first kappa shape index (κ1) is 15.9. The van der Waals surface area contributed by atoms with E-state index in [4.69, 9.17) is 11.6 Å². The van der Waals surface area contributed by atoms with Crippen molar-refractivity contribution in [2.45, 2.75) is 18.5 Å². The predicted octanol–water partition coefficient (Wildman–Crippen LogP) is 3.16. The van der Waals surface area contributed by atoms with Gasteiger partial charge in [0.1, 0.15) is 17.7 Å². The van der Waals surface area contributed by atoms with Crippen molar-refractivity contribution in [3.63, 3.8) is 0 Å². The molecule has 3 N–H and O–H groups in total. The highest BCUT2D eigenvalue weighted by atomic mass is 35.5. The number of anilines is 1. The van der Waals surface area contributed by atoms with Gasteiger partial charge in [-0.3, -0.25) is 4.79 Å². The van der Waals surface area contributed by atoms with E-state index in [2.05, 4.69) is 16.2 Å². The van der Waals surface area contributed by atoms with Crippen molar-refractivity contribution in [1.82, 2.24) is 10.9 Å². The summed E-state index contributed by atoms with van der Waals surface area (Å²) in [5.41, 5.74) is 6.53. The third kappa shape index (κ3) is 3.50. The molecule has 7 heteroatoms. The maximum atomic E-state index is 13.6. The van der Waals surface area contributed by atoms with E-state index in [0.717, 1.165) is 23.8 Å². The summed E-state index contributed by atoms with van der Waals surface area (Å²) in [5, 5.41) is 2.99. The first-order valence-electron chi connectivity index (χ1n) is 7.06. The third-order valence-corrected chi connectivity index (χ3v) is 4.03. The van der Waals surface area contributed by atoms with Crippen molar-refractivity contribution in [2.24, 2.45) is 0 Å². The lowest BCUT2D eigenvalue weighted by atomic mass is 10.0. The maximum Gasteiger partial charge on any atom is 0.243 e. The average Bonchev–Trinajstić information content (AvgIpc) is 3.01. The Kier molecular flexibility index (Phi) is 4.56. The van der Waals surface area contributed by atoms with Crippen LogP contribution in [-0.2, 0) is 4.79 Å². The number of hydrogen-bond donors (Lipinski definition) is 3. The van der Waals surface area contributed by atoms with Gasteiger partial charge in [-0.25, -0.2) is 19.6 Å². The zero-order valence-corrected chi connectivity index (χ0v) is 12.7. The minimum atomic E-state index is -0.687. The summed E-state index contributed by atoms with van der Waals surface area (Å²) in [7, 11) is 0. The molecule has 0 aliphatic carbocycles. The summed E-state index contributed by atoms with van der Waals surface area (Å²) in [6.45, 7) is 0. The molecule has 1 aliphatic heterocycles. The standard InChI is InChI=1S/C16H14ClF2N3O/c17-11-4-2-1-3-10(11)13-8-15(22-21-13)16(23)20-14-7-9(18)5-6-12(14)19/h1-7,13,15,21-22H,8H2,(H,20,23). The first-order valence-corrected chi connectivity index (χ1v) is 7.44. The molecule has 1 fully saturated rings. The number of carbonyl (C=O) groups is 1. The Morgan fingerprint density at radius 1 is 1.17 bits per heavy atom. The van der Waals surface area contributed by atoms with E-state index in [1.165, 1.54) is 0 Å². The van der Waals surface area contributed by atoms with Crippen LogP contribution in [0.1, 0.15) is 18.0 Å². The fraction of sp³-hybridized carbons (Fsp3) is 0.188. The Morgan fingerprint density at radius 3 is 2.74 bits per heavy atom. The maximum absolute atomic E-state index is 13.6. The highest BCUT2D eigenvalue weighted by molar-refractivity contribution is 6.31. The lowest BCUT2D eigenvalue weighted by Gasteiger charge is -2.12. The Balaban J connectivity index is 1.68. The van der Waals surface area contributed by atoms with Gasteiger partial charge in [0.2, 0.25) is 5.91 Å². The molecule has 1 heterocycles. The number of nitrogens with one attached hydrogen (secondary N) is 3. The first-order chi connectivity index (χ1) is 11.0. The van der Waals surface area contributed by atoms with E-state index in [1.807, 2.05) is 18.2 Å². The van der Waals surface area contributed by atoms with Crippen LogP contribution in [0.25, 0.3) is 0 Å². The van der Waals surface area contributed by atoms with Crippen molar-refractivity contribution in [1.29, 1.82) is 0 Å². The molecule has 1 amide bonds. The number of amides is 1. The summed E-state index contributed by atoms with van der Waals surface area (Å²) in [4.78, 5) is 12.2. The van der Waals surface area contributed by atoms with Gasteiger partial charge in [0.15, 0.2) is 0 Å². The van der Waals surface area contributed by atoms with Crippen LogP contribution in [0.4, 0.5) is 14.5 Å². The SMILES string of the molecule is O=C(Nc1cc(F)ccc1F)C1CC(c2ccccc2Cl)NN1. The quantitative estimate of drug-likeness (QED) is 0.806. The predicted molar refractivity (Wildman–Crippen MR) is 83.9 cm³/mol. The van der Waals surface area contributed by atoms with Crippen LogP contribution < -0.4 is 16.2 Å². The van der Waals surface area contributed by atoms with E-state index in [1.54, 1.807) is 6.07 Å². The minimum Gasteiger partial charge on any atom is -0.322 e. The molecule has 2 unspecified atom stereocenters. The van der Waals surface area contributed by atoms with E-state index in [0.29, 0.717) is 11.4 Å². The van der Waals surface area contributed by atoms with Gasteiger partial charge in [-0.05, 0) is 30.2 Å². The molecule has 120 valence electrons. The molecule has 0 radical (unpaired) electrons. The second-order valence-electron chi connectivity index (χ2n) is 5.26. The van der Waals surface area contributed by atoms with Gasteiger partial charge in [0.05, 0.1) is 5.69 Å². The molecule has 2 aromatic rings. The molecule has 0 spiro atoms. The molecule has 2 atom stereocenters. The monoisotopic (exact) mass is 337 g/mol. The van der Waals surface area contributed by atoms with Gasteiger partial charge in [-0.15, -0.1) is 0 Å². The number of benzene rings is 2. The van der Waals surface area contributed by atoms with E-state index >= 15 is 0 Å². The lowest BCUT2D eigenvalue weighted by Crippen LogP contribution is -2.39. The molecule has 3 rings (SSSR count). The van der Waals surface area contributed by atoms with Gasteiger partial charge in [-0.1, -0.05) is 29.8 Å². The van der Waals surface area contributed by atoms with E-state index < -0.39 is 23.6 Å². The molecule has 1 aliphatic rings. The largest absolute Gasteiger partial charge is 0.322 e. The normalized spacial score (nSPS) is 20.5. The molecule has 4 nitrogen and oxygen atoms in total. The van der Waals surface area contributed by atoms with Gasteiger partial charge in [-0.2, -0.15) is 0 Å². The van der Waals surface area contributed by atoms with Crippen LogP contribution in [0.2, 0.25) is 5.02 Å². The smallest absolute Gasteiger partial charge is 0.243 e. The molecule has 0 aromatic heterocycles. The van der Waals surface area contributed by atoms with Crippen LogP contribution in [0.3, 0.4) is 0 Å². The van der Waals surface area contributed by atoms with Gasteiger partial charge in [0, 0.05) is 17.1 Å². The molecule has 2 aromatic carbocycles. The number of carbonyl (C=O) groups excluding carboxylic acids is 1. The van der Waals surface area contributed by atoms with Gasteiger partial charge >= 0.3 is 0 Å². The summed E-state index contributed by atoms with van der Waals surface area (Å²) in [6.07, 6.45) is 0.437. The summed E-state index contributed by atoms with van der Waals surface area (Å²) < 4.78 is 26.7. The number of hydrogen-bond acceptors (Lipinski definition) is 3. The Morgan fingerprint density at radius 2 is 1.96 bits per heavy atom. The fourth-order valence-electron chi connectivity index (χ4n) is 2.50. The Labute approximate surface area is 136 Å². The third-order valence-electron chi connectivity index (χ3n) is 3.69. The van der Waals surface area contributed by atoms with E-state index in [-0.39, 0.29) is 11.7 Å². The van der Waals surface area contributed by atoms with Crippen molar-refractivity contribution >= 4 is 23.2 Å². The zero-order valence-electron chi connectivity index (χ0n) is 11.9. The van der Waals surface area contributed by atoms with Crippen molar-refractivity contribution in [2.75, 3.05) is 5.32 Å². The highest BCUT2D eigenvalue weighted by Crippen LogP contribution is 2.28. The molecule has 0 bridgehead atoms. The number of hydrazine groups is 1. The molecule has 23 heavy (non-hydrogen) atoms. The van der Waals surface area contributed by atoms with Crippen molar-refractivity contribution in [3.05, 3.63) is 64.7 Å². The zero-order chi connectivity index (χ0) is 16.4. The average molecular weight is 338 g/mol. The second-order valence-corrected chi connectivity index (χ2v) is 5.67. The molecule has 1 saturated heterocycles. The van der Waals surface area contributed by atoms with Crippen molar-refractivity contribution < 1.29 is 13.6 Å². The highest BCUT2D eigenvalue weighted by Gasteiger charge is 2.31. The second kappa shape index (κ2) is 6.62. The van der Waals surface area contributed by atoms with Gasteiger partial charge in [0.25, 0.3) is 0 Å². The summed E-state index contributed by atoms with van der Waals surface area (Å²) >= 11 is 6.14. The summed E-state index contributed by atoms with van der Waals surface area (Å²) in [6, 6.07) is 9.51. The number of rotatable bonds is 3. The van der Waals surface area contributed by atoms with Crippen LogP contribution >= 0.6 is 11.6 Å². The van der Waals surface area contributed by atoms with Crippen LogP contribution in [0.5, 0.6) is 0 Å². The minimum absolute atomic E-state index is 0.142. The molecular formula is C16H14ClF2N3O. The fourth-order valence-corrected chi connectivity index (χ4v) is 2.77. The summed E-state index contributed by atoms with van der Waals surface area (Å²) in [5.74, 6) is -1.75. The Hall–Kier alpha value is -2.02. The van der Waals surface area contributed by atoms with Crippen LogP contribution in [0.15, 0.2) is 42.5 Å².